The van der Waals surface area contributed by atoms with Crippen LogP contribution in [0.3, 0.4) is 0 Å². The molecule has 0 radical (unpaired) electrons. The third kappa shape index (κ3) is 3.40. The van der Waals surface area contributed by atoms with Crippen molar-refractivity contribution < 1.29 is 17.2 Å². The predicted molar refractivity (Wildman–Crippen MR) is 84.0 cm³/mol. The quantitative estimate of drug-likeness (QED) is 0.779. The summed E-state index contributed by atoms with van der Waals surface area (Å²) in [7, 11) is -3.69. The van der Waals surface area contributed by atoms with Gasteiger partial charge in [0.1, 0.15) is 11.3 Å². The van der Waals surface area contributed by atoms with Gasteiger partial charge in [0, 0.05) is 13.0 Å². The number of fused-ring (bicyclic) bond motifs is 1. The van der Waals surface area contributed by atoms with Gasteiger partial charge in [0.05, 0.1) is 4.90 Å². The number of hydrogen-bond acceptors (Lipinski definition) is 4. The molecule has 0 saturated carbocycles. The Bertz CT molecular complexity index is 918. The van der Waals surface area contributed by atoms with Crippen LogP contribution in [0.4, 0.5) is 4.39 Å². The van der Waals surface area contributed by atoms with E-state index in [4.69, 9.17) is 4.42 Å². The summed E-state index contributed by atoms with van der Waals surface area (Å²) in [4.78, 5) is 4.35. The summed E-state index contributed by atoms with van der Waals surface area (Å²) in [6, 6.07) is 10.9. The first-order chi connectivity index (χ1) is 11.0. The van der Waals surface area contributed by atoms with Crippen molar-refractivity contribution in [3.8, 4) is 0 Å². The topological polar surface area (TPSA) is 72.2 Å². The molecule has 0 aliphatic carbocycles. The Morgan fingerprint density at radius 1 is 1.22 bits per heavy atom. The second-order valence-electron chi connectivity index (χ2n) is 5.13. The Labute approximate surface area is 133 Å². The third-order valence-corrected chi connectivity index (χ3v) is 5.02. The largest absolute Gasteiger partial charge is 0.441 e. The first-order valence-electron chi connectivity index (χ1n) is 7.06. The molecule has 120 valence electrons. The molecule has 0 amide bonds. The van der Waals surface area contributed by atoms with Gasteiger partial charge in [-0.2, -0.15) is 0 Å². The molecular formula is C16H15FN2O3S. The average molecular weight is 334 g/mol. The van der Waals surface area contributed by atoms with Gasteiger partial charge in [-0.15, -0.1) is 0 Å². The van der Waals surface area contributed by atoms with Crippen molar-refractivity contribution >= 4 is 21.1 Å². The number of nitrogens with zero attached hydrogens (tertiary/aromatic N) is 1. The lowest BCUT2D eigenvalue weighted by Gasteiger charge is -2.08. The van der Waals surface area contributed by atoms with Crippen LogP contribution in [-0.2, 0) is 16.4 Å². The Hall–Kier alpha value is -2.25. The lowest BCUT2D eigenvalue weighted by Crippen LogP contribution is -2.26. The number of nitrogens with one attached hydrogen (secondary N) is 1. The number of para-hydroxylation sites is 2. The molecule has 23 heavy (non-hydrogen) atoms. The number of oxazole rings is 1. The molecule has 3 rings (SSSR count). The van der Waals surface area contributed by atoms with Gasteiger partial charge < -0.3 is 4.42 Å². The highest BCUT2D eigenvalue weighted by Gasteiger charge is 2.17. The molecule has 3 aromatic rings. The number of hydrogen-bond donors (Lipinski definition) is 1. The molecule has 1 heterocycles. The van der Waals surface area contributed by atoms with Crippen molar-refractivity contribution in [1.29, 1.82) is 0 Å². The van der Waals surface area contributed by atoms with Crippen LogP contribution in [0.2, 0.25) is 0 Å². The predicted octanol–water partition coefficient (Wildman–Crippen LogP) is 2.80. The molecule has 0 fully saturated rings. The van der Waals surface area contributed by atoms with Gasteiger partial charge in [-0.05, 0) is 42.8 Å². The van der Waals surface area contributed by atoms with E-state index in [-0.39, 0.29) is 11.4 Å². The van der Waals surface area contributed by atoms with Crippen LogP contribution in [0.5, 0.6) is 0 Å². The van der Waals surface area contributed by atoms with E-state index in [1.165, 1.54) is 12.1 Å². The molecule has 0 atom stereocenters. The second-order valence-corrected chi connectivity index (χ2v) is 6.87. The number of benzene rings is 2. The van der Waals surface area contributed by atoms with E-state index in [1.54, 1.807) is 13.0 Å². The van der Waals surface area contributed by atoms with Gasteiger partial charge in [0.2, 0.25) is 10.0 Å². The third-order valence-electron chi connectivity index (χ3n) is 3.40. The van der Waals surface area contributed by atoms with Crippen LogP contribution in [-0.4, -0.2) is 19.9 Å². The molecule has 0 unspecified atom stereocenters. The van der Waals surface area contributed by atoms with Crippen LogP contribution in [0, 0.1) is 12.7 Å². The van der Waals surface area contributed by atoms with Gasteiger partial charge in [-0.1, -0.05) is 12.1 Å². The van der Waals surface area contributed by atoms with E-state index >= 15 is 0 Å². The van der Waals surface area contributed by atoms with Gasteiger partial charge in [-0.3, -0.25) is 0 Å². The molecule has 0 bridgehead atoms. The first kappa shape index (κ1) is 15.6. The summed E-state index contributed by atoms with van der Waals surface area (Å²) >= 11 is 0. The number of rotatable bonds is 5. The van der Waals surface area contributed by atoms with Crippen molar-refractivity contribution in [2.45, 2.75) is 18.2 Å². The molecule has 7 heteroatoms. The summed E-state index contributed by atoms with van der Waals surface area (Å²) in [5.41, 5.74) is 1.76. The second kappa shape index (κ2) is 6.10. The van der Waals surface area contributed by atoms with Crippen molar-refractivity contribution in [3.63, 3.8) is 0 Å². The maximum atomic E-state index is 13.1. The van der Waals surface area contributed by atoms with Crippen molar-refractivity contribution in [2.75, 3.05) is 6.54 Å². The fourth-order valence-electron chi connectivity index (χ4n) is 2.31. The molecule has 1 aromatic heterocycles. The van der Waals surface area contributed by atoms with E-state index in [0.29, 0.717) is 23.5 Å². The summed E-state index contributed by atoms with van der Waals surface area (Å²) in [5.74, 6) is -0.00217. The molecule has 1 N–H and O–H groups in total. The van der Waals surface area contributed by atoms with Gasteiger partial charge in [0.15, 0.2) is 11.5 Å². The SMILES string of the molecule is Cc1cc(F)ccc1S(=O)(=O)NCCc1nc2ccccc2o1. The van der Waals surface area contributed by atoms with Gasteiger partial charge >= 0.3 is 0 Å². The van der Waals surface area contributed by atoms with Crippen LogP contribution in [0.15, 0.2) is 51.8 Å². The monoisotopic (exact) mass is 334 g/mol. The highest BCUT2D eigenvalue weighted by atomic mass is 32.2. The average Bonchev–Trinajstić information content (AvgIpc) is 2.89. The molecule has 0 aliphatic heterocycles. The van der Waals surface area contributed by atoms with E-state index in [2.05, 4.69) is 9.71 Å². The van der Waals surface area contributed by atoms with E-state index in [0.717, 1.165) is 11.6 Å². The summed E-state index contributed by atoms with van der Waals surface area (Å²) < 4.78 is 45.6. The van der Waals surface area contributed by atoms with Crippen LogP contribution in [0.25, 0.3) is 11.1 Å². The lowest BCUT2D eigenvalue weighted by atomic mass is 10.2. The fourth-order valence-corrected chi connectivity index (χ4v) is 3.57. The molecule has 2 aromatic carbocycles. The minimum Gasteiger partial charge on any atom is -0.441 e. The van der Waals surface area contributed by atoms with Crippen molar-refractivity contribution in [3.05, 3.63) is 59.7 Å². The van der Waals surface area contributed by atoms with Crippen molar-refractivity contribution in [2.24, 2.45) is 0 Å². The number of halogens is 1. The first-order valence-corrected chi connectivity index (χ1v) is 8.54. The zero-order valence-corrected chi connectivity index (χ0v) is 13.2. The number of aryl methyl sites for hydroxylation is 1. The summed E-state index contributed by atoms with van der Waals surface area (Å²) in [5, 5.41) is 0. The van der Waals surface area contributed by atoms with Gasteiger partial charge in [-0.25, -0.2) is 22.5 Å². The van der Waals surface area contributed by atoms with Crippen molar-refractivity contribution in [1.82, 2.24) is 9.71 Å². The lowest BCUT2D eigenvalue weighted by molar-refractivity contribution is 0.523. The smallest absolute Gasteiger partial charge is 0.240 e. The van der Waals surface area contributed by atoms with E-state index < -0.39 is 15.8 Å². The van der Waals surface area contributed by atoms with Gasteiger partial charge in [0.25, 0.3) is 0 Å². The fraction of sp³-hybridized carbons (Fsp3) is 0.188. The Kier molecular flexibility index (Phi) is 4.14. The standard InChI is InChI=1S/C16H15FN2O3S/c1-11-10-12(17)6-7-15(11)23(20,21)18-9-8-16-19-13-4-2-3-5-14(13)22-16/h2-7,10,18H,8-9H2,1H3. The van der Waals surface area contributed by atoms with E-state index in [9.17, 15) is 12.8 Å². The highest BCUT2D eigenvalue weighted by Crippen LogP contribution is 2.17. The summed E-state index contributed by atoms with van der Waals surface area (Å²) in [6.45, 7) is 1.70. The zero-order chi connectivity index (χ0) is 16.4. The van der Waals surface area contributed by atoms with Crippen LogP contribution < -0.4 is 4.72 Å². The zero-order valence-electron chi connectivity index (χ0n) is 12.4. The Morgan fingerprint density at radius 3 is 2.74 bits per heavy atom. The molecule has 0 spiro atoms. The molecule has 0 aliphatic rings. The Balaban J connectivity index is 1.69. The normalized spacial score (nSPS) is 11.9. The molecule has 5 nitrogen and oxygen atoms in total. The number of aromatic nitrogens is 1. The molecule has 0 saturated heterocycles. The maximum absolute atomic E-state index is 13.1. The van der Waals surface area contributed by atoms with Crippen LogP contribution >= 0.6 is 0 Å². The van der Waals surface area contributed by atoms with E-state index in [1.807, 2.05) is 18.2 Å². The highest BCUT2D eigenvalue weighted by molar-refractivity contribution is 7.89. The van der Waals surface area contributed by atoms with Crippen LogP contribution in [0.1, 0.15) is 11.5 Å². The minimum atomic E-state index is -3.69. The summed E-state index contributed by atoms with van der Waals surface area (Å²) in [6.07, 6.45) is 0.328. The number of sulfonamides is 1. The minimum absolute atomic E-state index is 0.0662. The maximum Gasteiger partial charge on any atom is 0.240 e. The Morgan fingerprint density at radius 2 is 2.00 bits per heavy atom. The molecular weight excluding hydrogens is 319 g/mol.